The van der Waals surface area contributed by atoms with E-state index in [4.69, 9.17) is 11.6 Å². The Balaban J connectivity index is 1.60. The van der Waals surface area contributed by atoms with Crippen LogP contribution in [0.25, 0.3) is 0 Å². The van der Waals surface area contributed by atoms with Gasteiger partial charge in [0.25, 0.3) is 5.91 Å². The molecule has 4 heteroatoms. The van der Waals surface area contributed by atoms with Gasteiger partial charge in [0.2, 0.25) is 0 Å². The van der Waals surface area contributed by atoms with Crippen molar-refractivity contribution in [2.75, 3.05) is 13.1 Å². The minimum absolute atomic E-state index is 0.0598. The molecule has 0 aliphatic carbocycles. The van der Waals surface area contributed by atoms with E-state index in [2.05, 4.69) is 16.3 Å². The van der Waals surface area contributed by atoms with E-state index >= 15 is 0 Å². The van der Waals surface area contributed by atoms with Crippen LogP contribution >= 0.6 is 11.6 Å². The molecule has 0 radical (unpaired) electrons. The number of hydrogen-bond donors (Lipinski definition) is 1. The molecule has 0 aromatic heterocycles. The lowest BCUT2D eigenvalue weighted by atomic mass is 10.1. The molecule has 24 heavy (non-hydrogen) atoms. The van der Waals surface area contributed by atoms with E-state index < -0.39 is 0 Å². The van der Waals surface area contributed by atoms with Crippen LogP contribution in [0, 0.1) is 0 Å². The Morgan fingerprint density at radius 2 is 1.83 bits per heavy atom. The number of rotatable bonds is 5. The summed E-state index contributed by atoms with van der Waals surface area (Å²) in [5.74, 6) is -0.0598. The maximum atomic E-state index is 12.4. The Kier molecular flexibility index (Phi) is 5.89. The topological polar surface area (TPSA) is 32.3 Å². The standard InChI is InChI=1S/C20H23ClN2O/c21-19-10-3-2-8-18(19)14-22-20(24)17-9-6-7-16(13-17)15-23-11-4-1-5-12-23/h2-3,6-10,13H,1,4-5,11-12,14-15H2,(H,22,24). The number of carbonyl (C=O) groups excluding carboxylic acids is 1. The van der Waals surface area contributed by atoms with Crippen LogP contribution in [0.5, 0.6) is 0 Å². The van der Waals surface area contributed by atoms with E-state index in [0.717, 1.165) is 25.2 Å². The zero-order chi connectivity index (χ0) is 16.8. The van der Waals surface area contributed by atoms with Crippen molar-refractivity contribution in [2.24, 2.45) is 0 Å². The van der Waals surface area contributed by atoms with Gasteiger partial charge in [-0.1, -0.05) is 48.4 Å². The van der Waals surface area contributed by atoms with Crippen molar-refractivity contribution >= 4 is 17.5 Å². The first-order valence-corrected chi connectivity index (χ1v) is 8.93. The van der Waals surface area contributed by atoms with Crippen LogP contribution < -0.4 is 5.32 Å². The molecule has 0 saturated carbocycles. The highest BCUT2D eigenvalue weighted by Crippen LogP contribution is 2.16. The highest BCUT2D eigenvalue weighted by atomic mass is 35.5. The molecule has 1 heterocycles. The average molecular weight is 343 g/mol. The van der Waals surface area contributed by atoms with Gasteiger partial charge < -0.3 is 5.32 Å². The Morgan fingerprint density at radius 3 is 2.62 bits per heavy atom. The maximum absolute atomic E-state index is 12.4. The zero-order valence-corrected chi connectivity index (χ0v) is 14.6. The van der Waals surface area contributed by atoms with E-state index in [1.165, 1.54) is 24.8 Å². The highest BCUT2D eigenvalue weighted by Gasteiger charge is 2.12. The van der Waals surface area contributed by atoms with Gasteiger partial charge in [0.15, 0.2) is 0 Å². The predicted octanol–water partition coefficient (Wildman–Crippen LogP) is 4.26. The zero-order valence-electron chi connectivity index (χ0n) is 13.8. The van der Waals surface area contributed by atoms with E-state index in [1.54, 1.807) is 0 Å². The Morgan fingerprint density at radius 1 is 1.04 bits per heavy atom. The smallest absolute Gasteiger partial charge is 0.251 e. The minimum atomic E-state index is -0.0598. The molecule has 1 aliphatic rings. The van der Waals surface area contributed by atoms with E-state index in [9.17, 15) is 4.79 Å². The van der Waals surface area contributed by atoms with Crippen LogP contribution in [0.3, 0.4) is 0 Å². The van der Waals surface area contributed by atoms with Crippen LogP contribution in [-0.2, 0) is 13.1 Å². The molecule has 1 N–H and O–H groups in total. The van der Waals surface area contributed by atoms with Gasteiger partial charge in [-0.15, -0.1) is 0 Å². The largest absolute Gasteiger partial charge is 0.348 e. The predicted molar refractivity (Wildman–Crippen MR) is 98.2 cm³/mol. The first-order valence-electron chi connectivity index (χ1n) is 8.55. The minimum Gasteiger partial charge on any atom is -0.348 e. The summed E-state index contributed by atoms with van der Waals surface area (Å²) in [6.07, 6.45) is 3.89. The molecule has 2 aromatic rings. The summed E-state index contributed by atoms with van der Waals surface area (Å²) in [6, 6.07) is 15.5. The number of benzene rings is 2. The van der Waals surface area contributed by atoms with Crippen LogP contribution in [0.2, 0.25) is 5.02 Å². The number of nitrogens with one attached hydrogen (secondary N) is 1. The lowest BCUT2D eigenvalue weighted by molar-refractivity contribution is 0.0950. The number of piperidine rings is 1. The van der Waals surface area contributed by atoms with E-state index in [0.29, 0.717) is 17.1 Å². The summed E-state index contributed by atoms with van der Waals surface area (Å²) in [6.45, 7) is 3.67. The maximum Gasteiger partial charge on any atom is 0.251 e. The number of halogens is 1. The van der Waals surface area contributed by atoms with Crippen molar-refractivity contribution in [2.45, 2.75) is 32.4 Å². The molecule has 1 aliphatic heterocycles. The fourth-order valence-electron chi connectivity index (χ4n) is 3.11. The van der Waals surface area contributed by atoms with E-state index in [1.807, 2.05) is 42.5 Å². The third kappa shape index (κ3) is 4.59. The summed E-state index contributed by atoms with van der Waals surface area (Å²) < 4.78 is 0. The van der Waals surface area contributed by atoms with Crippen molar-refractivity contribution in [3.63, 3.8) is 0 Å². The monoisotopic (exact) mass is 342 g/mol. The van der Waals surface area contributed by atoms with Crippen LogP contribution in [0.15, 0.2) is 48.5 Å². The highest BCUT2D eigenvalue weighted by molar-refractivity contribution is 6.31. The molecule has 1 amide bonds. The van der Waals surface area contributed by atoms with Crippen molar-refractivity contribution in [3.05, 3.63) is 70.2 Å². The second-order valence-corrected chi connectivity index (χ2v) is 6.72. The van der Waals surface area contributed by atoms with Gasteiger partial charge in [-0.05, 0) is 55.3 Å². The normalized spacial score (nSPS) is 15.2. The number of amides is 1. The molecule has 1 saturated heterocycles. The first kappa shape index (κ1) is 17.0. The van der Waals surface area contributed by atoms with Crippen molar-refractivity contribution in [1.29, 1.82) is 0 Å². The van der Waals surface area contributed by atoms with Gasteiger partial charge >= 0.3 is 0 Å². The Hall–Kier alpha value is -1.84. The fourth-order valence-corrected chi connectivity index (χ4v) is 3.31. The molecule has 3 nitrogen and oxygen atoms in total. The Bertz CT molecular complexity index is 696. The first-order chi connectivity index (χ1) is 11.7. The SMILES string of the molecule is O=C(NCc1ccccc1Cl)c1cccc(CN2CCCCC2)c1. The molecule has 2 aromatic carbocycles. The van der Waals surface area contributed by atoms with Gasteiger partial charge in [0.1, 0.15) is 0 Å². The summed E-state index contributed by atoms with van der Waals surface area (Å²) in [7, 11) is 0. The molecular weight excluding hydrogens is 320 g/mol. The lowest BCUT2D eigenvalue weighted by Crippen LogP contribution is -2.29. The molecule has 0 bridgehead atoms. The molecular formula is C20H23ClN2O. The van der Waals surface area contributed by atoms with Gasteiger partial charge in [0, 0.05) is 23.7 Å². The molecule has 0 spiro atoms. The summed E-state index contributed by atoms with van der Waals surface area (Å²) >= 11 is 6.13. The fraction of sp³-hybridized carbons (Fsp3) is 0.350. The molecule has 126 valence electrons. The van der Waals surface area contributed by atoms with Gasteiger partial charge in [-0.3, -0.25) is 9.69 Å². The second kappa shape index (κ2) is 8.32. The quantitative estimate of drug-likeness (QED) is 0.880. The number of likely N-dealkylation sites (tertiary alicyclic amines) is 1. The van der Waals surface area contributed by atoms with Gasteiger partial charge in [-0.25, -0.2) is 0 Å². The molecule has 1 fully saturated rings. The van der Waals surface area contributed by atoms with Crippen LogP contribution in [-0.4, -0.2) is 23.9 Å². The summed E-state index contributed by atoms with van der Waals surface area (Å²) in [5, 5.41) is 3.63. The molecule has 3 rings (SSSR count). The second-order valence-electron chi connectivity index (χ2n) is 6.31. The Labute approximate surface area is 148 Å². The molecule has 0 atom stereocenters. The molecule has 0 unspecified atom stereocenters. The van der Waals surface area contributed by atoms with Gasteiger partial charge in [0.05, 0.1) is 0 Å². The van der Waals surface area contributed by atoms with Crippen molar-refractivity contribution in [3.8, 4) is 0 Å². The number of carbonyl (C=O) groups is 1. The van der Waals surface area contributed by atoms with Crippen molar-refractivity contribution in [1.82, 2.24) is 10.2 Å². The average Bonchev–Trinajstić information content (AvgIpc) is 2.62. The van der Waals surface area contributed by atoms with E-state index in [-0.39, 0.29) is 5.91 Å². The number of hydrogen-bond acceptors (Lipinski definition) is 2. The van der Waals surface area contributed by atoms with Gasteiger partial charge in [-0.2, -0.15) is 0 Å². The third-order valence-corrected chi connectivity index (χ3v) is 4.81. The summed E-state index contributed by atoms with van der Waals surface area (Å²) in [4.78, 5) is 14.9. The van der Waals surface area contributed by atoms with Crippen LogP contribution in [0.1, 0.15) is 40.7 Å². The third-order valence-electron chi connectivity index (χ3n) is 4.44. The van der Waals surface area contributed by atoms with Crippen molar-refractivity contribution < 1.29 is 4.79 Å². The lowest BCUT2D eigenvalue weighted by Gasteiger charge is -2.26. The van der Waals surface area contributed by atoms with Crippen LogP contribution in [0.4, 0.5) is 0 Å². The number of nitrogens with zero attached hydrogens (tertiary/aromatic N) is 1. The summed E-state index contributed by atoms with van der Waals surface area (Å²) in [5.41, 5.74) is 2.83.